The van der Waals surface area contributed by atoms with Crippen LogP contribution in [-0.2, 0) is 20.7 Å². The van der Waals surface area contributed by atoms with Gasteiger partial charge in [0.2, 0.25) is 20.2 Å². The van der Waals surface area contributed by atoms with E-state index < -0.39 is 14.5 Å². The summed E-state index contributed by atoms with van der Waals surface area (Å²) in [4.78, 5) is 28.9. The van der Waals surface area contributed by atoms with E-state index in [2.05, 4.69) is 24.4 Å². The molecule has 2 N–H and O–H groups in total. The molecule has 0 aliphatic carbocycles. The average molecular weight is 506 g/mol. The standard InChI is InChI=1S/C26H40FN3O4Si/c1-18-22(10-9-19-6-4-7-20(14-19)30-13-11-28-16-25(30)33)34-23(26(18)35(2,3)27)15-24(32)29-12-5-8-21(29)17-31/h4,6-7,14,18,21-23,26,28,31H,5,8-13,15-17H2,1-3H3/t18-,21-,22+,23-,26+/m0/s1. The number of aliphatic hydroxyl groups excluding tert-OH is 1. The fourth-order valence-corrected chi connectivity index (χ4v) is 8.83. The van der Waals surface area contributed by atoms with Crippen LogP contribution in [0.1, 0.15) is 38.2 Å². The zero-order valence-corrected chi connectivity index (χ0v) is 22.2. The average Bonchev–Trinajstić information content (AvgIpc) is 3.42. The molecule has 0 unspecified atom stereocenters. The van der Waals surface area contributed by atoms with Crippen LogP contribution in [0.4, 0.5) is 9.80 Å². The van der Waals surface area contributed by atoms with Crippen LogP contribution in [0.5, 0.6) is 0 Å². The maximum absolute atomic E-state index is 15.4. The van der Waals surface area contributed by atoms with Crippen LogP contribution in [0.25, 0.3) is 0 Å². The molecule has 194 valence electrons. The van der Waals surface area contributed by atoms with E-state index in [1.807, 2.05) is 17.0 Å². The lowest BCUT2D eigenvalue weighted by atomic mass is 9.95. The van der Waals surface area contributed by atoms with Gasteiger partial charge in [0.25, 0.3) is 0 Å². The fraction of sp³-hybridized carbons (Fsp3) is 0.692. The Morgan fingerprint density at radius 1 is 1.29 bits per heavy atom. The Balaban J connectivity index is 1.41. The molecule has 3 fully saturated rings. The van der Waals surface area contributed by atoms with Gasteiger partial charge in [-0.1, -0.05) is 19.1 Å². The number of nitrogens with zero attached hydrogens (tertiary/aromatic N) is 2. The lowest BCUT2D eigenvalue weighted by Crippen LogP contribution is -2.48. The molecule has 2 amide bonds. The molecule has 0 aromatic heterocycles. The van der Waals surface area contributed by atoms with Crippen LogP contribution >= 0.6 is 0 Å². The molecule has 1 aromatic rings. The van der Waals surface area contributed by atoms with Crippen LogP contribution in [-0.4, -0.2) is 81.3 Å². The summed E-state index contributed by atoms with van der Waals surface area (Å²) in [5, 5.41) is 12.7. The Morgan fingerprint density at radius 3 is 2.80 bits per heavy atom. The van der Waals surface area contributed by atoms with Crippen LogP contribution in [0.2, 0.25) is 18.6 Å². The van der Waals surface area contributed by atoms with Crippen molar-refractivity contribution in [2.45, 2.75) is 75.9 Å². The Hall–Kier alpha value is -1.81. The number of anilines is 1. The molecule has 0 saturated carbocycles. The normalized spacial score (nSPS) is 29.7. The van der Waals surface area contributed by atoms with Crippen molar-refractivity contribution in [3.05, 3.63) is 29.8 Å². The molecule has 9 heteroatoms. The SMILES string of the molecule is C[C@@H]1[C@@H]([Si](C)(C)F)[C@H](CC(=O)N2CCC[C@H]2CO)O[C@@H]1CCc1cccc(N2CCNCC2=O)c1. The second kappa shape index (κ2) is 11.1. The third kappa shape index (κ3) is 5.95. The Bertz CT molecular complexity index is 911. The Kier molecular flexibility index (Phi) is 8.30. The summed E-state index contributed by atoms with van der Waals surface area (Å²) in [6, 6.07) is 7.95. The van der Waals surface area contributed by atoms with Gasteiger partial charge in [-0.3, -0.25) is 9.59 Å². The van der Waals surface area contributed by atoms with Crippen LogP contribution in [0.3, 0.4) is 0 Å². The first-order valence-corrected chi connectivity index (χ1v) is 16.0. The number of ether oxygens (including phenoxy) is 1. The van der Waals surface area contributed by atoms with Gasteiger partial charge < -0.3 is 29.1 Å². The number of piperazine rings is 1. The third-order valence-electron chi connectivity index (χ3n) is 8.01. The third-order valence-corrected chi connectivity index (χ3v) is 10.5. The predicted molar refractivity (Wildman–Crippen MR) is 137 cm³/mol. The zero-order chi connectivity index (χ0) is 25.2. The van der Waals surface area contributed by atoms with Crippen molar-refractivity contribution < 1.29 is 23.5 Å². The summed E-state index contributed by atoms with van der Waals surface area (Å²) in [5.74, 6) is 0.0775. The highest BCUT2D eigenvalue weighted by molar-refractivity contribution is 6.72. The maximum atomic E-state index is 15.4. The summed E-state index contributed by atoms with van der Waals surface area (Å²) in [7, 11) is -3.07. The van der Waals surface area contributed by atoms with E-state index >= 15 is 4.11 Å². The predicted octanol–water partition coefficient (Wildman–Crippen LogP) is 2.88. The molecule has 3 aliphatic rings. The quantitative estimate of drug-likeness (QED) is 0.419. The molecule has 3 heterocycles. The first-order chi connectivity index (χ1) is 16.7. The van der Waals surface area contributed by atoms with Gasteiger partial charge in [0, 0.05) is 30.9 Å². The van der Waals surface area contributed by atoms with Gasteiger partial charge in [-0.2, -0.15) is 0 Å². The monoisotopic (exact) mass is 505 g/mol. The number of carbonyl (C=O) groups is 2. The summed E-state index contributed by atoms with van der Waals surface area (Å²) in [6.45, 7) is 7.94. The van der Waals surface area contributed by atoms with Gasteiger partial charge in [0.1, 0.15) is 0 Å². The molecule has 0 radical (unpaired) electrons. The van der Waals surface area contributed by atoms with Crippen LogP contribution in [0.15, 0.2) is 24.3 Å². The fourth-order valence-electron chi connectivity index (χ4n) is 6.29. The number of likely N-dealkylation sites (tertiary alicyclic amines) is 1. The number of benzene rings is 1. The first kappa shape index (κ1) is 26.3. The molecular formula is C26H40FN3O4Si. The lowest BCUT2D eigenvalue weighted by Gasteiger charge is -2.30. The van der Waals surface area contributed by atoms with Crippen LogP contribution < -0.4 is 10.2 Å². The number of carbonyl (C=O) groups excluding carboxylic acids is 2. The molecule has 3 saturated heterocycles. The number of hydrogen-bond donors (Lipinski definition) is 2. The number of nitrogens with one attached hydrogen (secondary N) is 1. The summed E-state index contributed by atoms with van der Waals surface area (Å²) in [5.41, 5.74) is 1.80. The van der Waals surface area contributed by atoms with Crippen LogP contribution in [0, 0.1) is 5.92 Å². The smallest absolute Gasteiger partial charge is 0.246 e. The number of aryl methyl sites for hydroxylation is 1. The van der Waals surface area contributed by atoms with Crippen molar-refractivity contribution in [3.8, 4) is 0 Å². The molecular weight excluding hydrogens is 465 g/mol. The van der Waals surface area contributed by atoms with Crippen molar-refractivity contribution in [2.75, 3.05) is 37.7 Å². The van der Waals surface area contributed by atoms with Crippen molar-refractivity contribution in [3.63, 3.8) is 0 Å². The highest BCUT2D eigenvalue weighted by Crippen LogP contribution is 2.47. The van der Waals surface area contributed by atoms with Gasteiger partial charge in [-0.15, -0.1) is 0 Å². The van der Waals surface area contributed by atoms with Crippen molar-refractivity contribution >= 4 is 25.9 Å². The largest absolute Gasteiger partial charge is 0.394 e. The minimum atomic E-state index is -3.07. The minimum absolute atomic E-state index is 0.0261. The molecule has 4 rings (SSSR count). The number of amides is 2. The molecule has 35 heavy (non-hydrogen) atoms. The number of halogens is 1. The van der Waals surface area contributed by atoms with E-state index in [-0.39, 0.29) is 48.4 Å². The minimum Gasteiger partial charge on any atom is -0.394 e. The van der Waals surface area contributed by atoms with E-state index in [9.17, 15) is 14.7 Å². The number of rotatable bonds is 8. The Labute approximate surface area is 209 Å². The van der Waals surface area contributed by atoms with Gasteiger partial charge in [0.05, 0.1) is 37.8 Å². The van der Waals surface area contributed by atoms with E-state index in [1.54, 1.807) is 18.0 Å². The van der Waals surface area contributed by atoms with E-state index in [0.29, 0.717) is 19.6 Å². The molecule has 5 atom stereocenters. The molecule has 3 aliphatic heterocycles. The lowest BCUT2D eigenvalue weighted by molar-refractivity contribution is -0.135. The van der Waals surface area contributed by atoms with Crippen molar-refractivity contribution in [1.82, 2.24) is 10.2 Å². The highest BCUT2D eigenvalue weighted by Gasteiger charge is 2.52. The maximum Gasteiger partial charge on any atom is 0.246 e. The summed E-state index contributed by atoms with van der Waals surface area (Å²) < 4.78 is 21.9. The number of aliphatic hydroxyl groups is 1. The molecule has 1 aromatic carbocycles. The summed E-state index contributed by atoms with van der Waals surface area (Å²) in [6.07, 6.45) is 2.88. The van der Waals surface area contributed by atoms with E-state index in [1.165, 1.54) is 0 Å². The van der Waals surface area contributed by atoms with Crippen molar-refractivity contribution in [1.29, 1.82) is 0 Å². The van der Waals surface area contributed by atoms with E-state index in [4.69, 9.17) is 4.74 Å². The Morgan fingerprint density at radius 2 is 2.09 bits per heavy atom. The van der Waals surface area contributed by atoms with Gasteiger partial charge in [0.15, 0.2) is 0 Å². The second-order valence-electron chi connectivity index (χ2n) is 10.9. The molecule has 7 nitrogen and oxygen atoms in total. The molecule has 0 spiro atoms. The summed E-state index contributed by atoms with van der Waals surface area (Å²) >= 11 is 0. The second-order valence-corrected chi connectivity index (χ2v) is 14.7. The highest BCUT2D eigenvalue weighted by atomic mass is 28.4. The first-order valence-electron chi connectivity index (χ1n) is 13.0. The topological polar surface area (TPSA) is 82.1 Å². The van der Waals surface area contributed by atoms with Gasteiger partial charge in [-0.05, 0) is 62.4 Å². The number of hydrogen-bond acceptors (Lipinski definition) is 5. The van der Waals surface area contributed by atoms with Gasteiger partial charge in [-0.25, -0.2) is 0 Å². The molecule has 0 bridgehead atoms. The van der Waals surface area contributed by atoms with Crippen molar-refractivity contribution in [2.24, 2.45) is 5.92 Å². The van der Waals surface area contributed by atoms with Gasteiger partial charge >= 0.3 is 0 Å². The van der Waals surface area contributed by atoms with E-state index in [0.717, 1.165) is 43.5 Å². The zero-order valence-electron chi connectivity index (χ0n) is 21.2.